The number of carbonyl (C=O) groups excluding carboxylic acids is 2. The van der Waals surface area contributed by atoms with Crippen LogP contribution in [-0.2, 0) is 20.9 Å². The molecule has 5 rings (SSSR count). The minimum absolute atomic E-state index is 0.0728. The van der Waals surface area contributed by atoms with Gasteiger partial charge >= 0.3 is 12.6 Å². The minimum Gasteiger partial charge on any atom is -0.466 e. The van der Waals surface area contributed by atoms with Crippen LogP contribution in [0.4, 0.5) is 20.2 Å². The van der Waals surface area contributed by atoms with Crippen molar-refractivity contribution in [1.82, 2.24) is 34.2 Å². The summed E-state index contributed by atoms with van der Waals surface area (Å²) in [5, 5.41) is 12.4. The first-order chi connectivity index (χ1) is 21.2. The van der Waals surface area contributed by atoms with Crippen molar-refractivity contribution in [3.05, 3.63) is 54.1 Å². The van der Waals surface area contributed by atoms with Gasteiger partial charge in [0.15, 0.2) is 5.65 Å². The molecule has 1 aliphatic rings. The van der Waals surface area contributed by atoms with E-state index in [1.54, 1.807) is 47.2 Å². The van der Waals surface area contributed by atoms with Gasteiger partial charge in [0.2, 0.25) is 5.91 Å². The number of alkyl halides is 2. The van der Waals surface area contributed by atoms with Gasteiger partial charge in [0, 0.05) is 54.9 Å². The largest absolute Gasteiger partial charge is 0.466 e. The van der Waals surface area contributed by atoms with Crippen LogP contribution in [0.15, 0.2) is 49.1 Å². The summed E-state index contributed by atoms with van der Waals surface area (Å²) in [4.78, 5) is 33.3. The van der Waals surface area contributed by atoms with Crippen LogP contribution >= 0.6 is 11.6 Å². The van der Waals surface area contributed by atoms with Crippen LogP contribution in [0.1, 0.15) is 26.2 Å². The topological polar surface area (TPSA) is 119 Å². The van der Waals surface area contributed by atoms with Crippen LogP contribution in [-0.4, -0.2) is 92.0 Å². The minimum atomic E-state index is -3.06. The fourth-order valence-electron chi connectivity index (χ4n) is 5.22. The Hall–Kier alpha value is -4.30. The molecular formula is C29H33ClF2N8O4. The Morgan fingerprint density at radius 2 is 2.02 bits per heavy atom. The lowest BCUT2D eigenvalue weighted by Gasteiger charge is -2.36. The summed E-state index contributed by atoms with van der Waals surface area (Å²) < 4.78 is 39.4. The first-order valence-corrected chi connectivity index (χ1v) is 14.6. The molecule has 0 unspecified atom stereocenters. The molecule has 1 saturated heterocycles. The molecule has 234 valence electrons. The van der Waals surface area contributed by atoms with E-state index in [0.29, 0.717) is 54.7 Å². The van der Waals surface area contributed by atoms with Crippen LogP contribution in [0.5, 0.6) is 5.75 Å². The number of likely N-dealkylation sites (tertiary alicyclic amines) is 1. The number of piperidine rings is 1. The number of nitrogens with one attached hydrogen (secondary N) is 1. The normalized spacial score (nSPS) is 14.0. The average Bonchev–Trinajstić information content (AvgIpc) is 3.60. The number of nitrogens with zero attached hydrogens (tertiary/aromatic N) is 7. The molecule has 12 nitrogen and oxygen atoms in total. The van der Waals surface area contributed by atoms with Crippen molar-refractivity contribution >= 4 is 40.5 Å². The van der Waals surface area contributed by atoms with E-state index in [2.05, 4.69) is 25.4 Å². The summed E-state index contributed by atoms with van der Waals surface area (Å²) in [5.41, 5.74) is 1.98. The number of hydrogen-bond acceptors (Lipinski definition) is 9. The molecule has 1 aliphatic heterocycles. The highest BCUT2D eigenvalue weighted by atomic mass is 35.5. The monoisotopic (exact) mass is 630 g/mol. The fraction of sp³-hybridized carbons (Fsp3) is 0.414. The molecule has 0 atom stereocenters. The molecule has 0 saturated carbocycles. The van der Waals surface area contributed by atoms with Crippen LogP contribution in [0.25, 0.3) is 16.9 Å². The summed E-state index contributed by atoms with van der Waals surface area (Å²) in [7, 11) is 1.97. The Labute approximate surface area is 257 Å². The number of amides is 1. The van der Waals surface area contributed by atoms with Crippen molar-refractivity contribution in [3.8, 4) is 17.0 Å². The Morgan fingerprint density at radius 1 is 1.23 bits per heavy atom. The number of fused-ring (bicyclic) bond motifs is 1. The van der Waals surface area contributed by atoms with Crippen LogP contribution in [0.2, 0.25) is 5.02 Å². The second kappa shape index (κ2) is 14.0. The highest BCUT2D eigenvalue weighted by molar-refractivity contribution is 6.31. The number of rotatable bonds is 12. The highest BCUT2D eigenvalue weighted by Gasteiger charge is 2.27. The number of carbonyl (C=O) groups is 2. The zero-order chi connectivity index (χ0) is 31.2. The zero-order valence-corrected chi connectivity index (χ0v) is 25.1. The molecule has 0 spiro atoms. The number of benzene rings is 1. The maximum Gasteiger partial charge on any atom is 0.387 e. The van der Waals surface area contributed by atoms with Crippen molar-refractivity contribution in [2.24, 2.45) is 0 Å². The van der Waals surface area contributed by atoms with Crippen LogP contribution < -0.4 is 10.1 Å². The third kappa shape index (κ3) is 7.42. The Morgan fingerprint density at radius 3 is 2.77 bits per heavy atom. The lowest BCUT2D eigenvalue weighted by Crippen LogP contribution is -2.46. The summed E-state index contributed by atoms with van der Waals surface area (Å²) in [6.45, 7) is 0.711. The number of aromatic nitrogens is 5. The van der Waals surface area contributed by atoms with Crippen molar-refractivity contribution in [2.45, 2.75) is 45.4 Å². The van der Waals surface area contributed by atoms with Gasteiger partial charge in [0.05, 0.1) is 24.9 Å². The van der Waals surface area contributed by atoms with Crippen molar-refractivity contribution in [3.63, 3.8) is 0 Å². The second-order valence-corrected chi connectivity index (χ2v) is 10.8. The molecule has 1 aromatic carbocycles. The summed E-state index contributed by atoms with van der Waals surface area (Å²) >= 11 is 6.24. The molecule has 0 aliphatic carbocycles. The van der Waals surface area contributed by atoms with E-state index in [0.717, 1.165) is 12.8 Å². The molecule has 1 fully saturated rings. The van der Waals surface area contributed by atoms with Gasteiger partial charge in [-0.15, -0.1) is 0 Å². The van der Waals surface area contributed by atoms with E-state index >= 15 is 0 Å². The SMILES string of the molecule is CCOC(=O)CCN(C)C1CCN(C(=O)Cn2cc(Nc3cnn4cccnc34)c(-c3cc(Cl)ccc3OC(F)F)n2)CC1. The van der Waals surface area contributed by atoms with Crippen molar-refractivity contribution in [2.75, 3.05) is 38.6 Å². The smallest absolute Gasteiger partial charge is 0.387 e. The molecular weight excluding hydrogens is 598 g/mol. The third-order valence-corrected chi connectivity index (χ3v) is 7.67. The standard InChI is InChI=1S/C29H33ClF2N8O4/c1-3-43-26(42)9-12-37(2)20-7-13-38(14-8-20)25(41)18-39-17-23(35-22-16-34-40-11-4-10-33-28(22)40)27(36-39)21-15-19(30)5-6-24(21)44-29(31)32/h4-6,10-11,15-17,20,29,35H,3,7-9,12-14,18H2,1-2H3. The van der Waals surface area contributed by atoms with Gasteiger partial charge in [-0.1, -0.05) is 11.6 Å². The number of anilines is 2. The Balaban J connectivity index is 1.33. The fourth-order valence-corrected chi connectivity index (χ4v) is 5.39. The molecule has 0 radical (unpaired) electrons. The van der Waals surface area contributed by atoms with E-state index in [-0.39, 0.29) is 41.5 Å². The summed E-state index contributed by atoms with van der Waals surface area (Å²) in [6, 6.07) is 6.27. The summed E-state index contributed by atoms with van der Waals surface area (Å²) in [6.07, 6.45) is 8.42. The lowest BCUT2D eigenvalue weighted by atomic mass is 10.0. The maximum absolute atomic E-state index is 13.3. The van der Waals surface area contributed by atoms with Crippen LogP contribution in [0, 0.1) is 0 Å². The van der Waals surface area contributed by atoms with Crippen molar-refractivity contribution in [1.29, 1.82) is 0 Å². The first kappa shape index (κ1) is 31.1. The molecule has 15 heteroatoms. The van der Waals surface area contributed by atoms with Gasteiger partial charge in [-0.3, -0.25) is 14.3 Å². The van der Waals surface area contributed by atoms with E-state index in [1.165, 1.54) is 22.9 Å². The third-order valence-electron chi connectivity index (χ3n) is 7.43. The number of ether oxygens (including phenoxy) is 2. The van der Waals surface area contributed by atoms with E-state index in [1.807, 2.05) is 7.05 Å². The van der Waals surface area contributed by atoms with Gasteiger partial charge in [0.25, 0.3) is 0 Å². The zero-order valence-electron chi connectivity index (χ0n) is 24.3. The molecule has 4 aromatic rings. The van der Waals surface area contributed by atoms with Gasteiger partial charge in [0.1, 0.15) is 23.7 Å². The lowest BCUT2D eigenvalue weighted by molar-refractivity contribution is -0.143. The van der Waals surface area contributed by atoms with Gasteiger partial charge in [-0.2, -0.15) is 19.0 Å². The molecule has 1 N–H and O–H groups in total. The van der Waals surface area contributed by atoms with Gasteiger partial charge in [-0.25, -0.2) is 9.50 Å². The van der Waals surface area contributed by atoms with E-state index < -0.39 is 6.61 Å². The highest BCUT2D eigenvalue weighted by Crippen LogP contribution is 2.38. The Kier molecular flexibility index (Phi) is 9.90. The van der Waals surface area contributed by atoms with E-state index in [4.69, 9.17) is 21.1 Å². The van der Waals surface area contributed by atoms with Gasteiger partial charge < -0.3 is 24.6 Å². The molecule has 1 amide bonds. The van der Waals surface area contributed by atoms with E-state index in [9.17, 15) is 18.4 Å². The molecule has 0 bridgehead atoms. The van der Waals surface area contributed by atoms with Crippen molar-refractivity contribution < 1.29 is 27.8 Å². The molecule has 4 heterocycles. The quantitative estimate of drug-likeness (QED) is 0.226. The number of halogens is 3. The number of esters is 1. The summed E-state index contributed by atoms with van der Waals surface area (Å²) in [5.74, 6) is -0.467. The van der Waals surface area contributed by atoms with Crippen LogP contribution in [0.3, 0.4) is 0 Å². The maximum atomic E-state index is 13.3. The second-order valence-electron chi connectivity index (χ2n) is 10.3. The Bertz CT molecular complexity index is 1610. The predicted molar refractivity (Wildman–Crippen MR) is 159 cm³/mol. The first-order valence-electron chi connectivity index (χ1n) is 14.2. The number of hydrogen-bond donors (Lipinski definition) is 1. The molecule has 44 heavy (non-hydrogen) atoms. The predicted octanol–water partition coefficient (Wildman–Crippen LogP) is 4.47. The molecule has 3 aromatic heterocycles. The average molecular weight is 631 g/mol. The van der Waals surface area contributed by atoms with Gasteiger partial charge in [-0.05, 0) is 51.1 Å².